The van der Waals surface area contributed by atoms with Gasteiger partial charge < -0.3 is 14.7 Å². The van der Waals surface area contributed by atoms with Gasteiger partial charge in [0.05, 0.1) is 21.5 Å². The summed E-state index contributed by atoms with van der Waals surface area (Å²) in [4.78, 5) is 21.1. The summed E-state index contributed by atoms with van der Waals surface area (Å²) < 4.78 is 3.96. The van der Waals surface area contributed by atoms with Crippen LogP contribution in [0.3, 0.4) is 0 Å². The molecule has 158 valence electrons. The van der Waals surface area contributed by atoms with Crippen LogP contribution in [0.5, 0.6) is 5.88 Å². The summed E-state index contributed by atoms with van der Waals surface area (Å²) in [6, 6.07) is 17.3. The van der Waals surface area contributed by atoms with Crippen molar-refractivity contribution >= 4 is 32.5 Å². The van der Waals surface area contributed by atoms with E-state index in [1.807, 2.05) is 55.6 Å². The largest absolute Gasteiger partial charge is 1.00 e. The van der Waals surface area contributed by atoms with Crippen LogP contribution in [-0.2, 0) is 13.0 Å². The van der Waals surface area contributed by atoms with Gasteiger partial charge in [0.25, 0.3) is 5.56 Å². The molecule has 6 rings (SSSR count). The van der Waals surface area contributed by atoms with Crippen LogP contribution in [0.15, 0.2) is 65.6 Å². The minimum Gasteiger partial charge on any atom is -0.860 e. The Labute approximate surface area is 215 Å². The van der Waals surface area contributed by atoms with Gasteiger partial charge in [0, 0.05) is 29.3 Å². The number of nitrogens with zero attached hydrogens (tertiary/aromatic N) is 4. The minimum absolute atomic E-state index is 0. The van der Waals surface area contributed by atoms with Crippen LogP contribution in [0.1, 0.15) is 11.3 Å². The zero-order chi connectivity index (χ0) is 21.8. The maximum atomic E-state index is 13.2. The molecule has 2 aromatic carbocycles. The molecule has 2 aliphatic rings. The standard InChI is InChI=1S/C24H19N5O2S.Na/c1-14-22-19(27-29(23(22)31)24-26-18-8-4-5-9-20(18)32-24)12-21(30)28(14)11-10-15-13-25-17-7-3-2-6-16(15)17;/h2-9,12-13,25,30H,10-11H2,1H3;/q;+1/p-1. The van der Waals surface area contributed by atoms with Gasteiger partial charge in [0.15, 0.2) is 0 Å². The van der Waals surface area contributed by atoms with Crippen LogP contribution < -0.4 is 40.2 Å². The molecule has 0 saturated heterocycles. The van der Waals surface area contributed by atoms with Gasteiger partial charge in [-0.2, -0.15) is 9.78 Å². The number of aromatic nitrogens is 5. The fourth-order valence-corrected chi connectivity index (χ4v) is 5.20. The first-order chi connectivity index (χ1) is 15.6. The summed E-state index contributed by atoms with van der Waals surface area (Å²) in [6.07, 6.45) is 2.66. The van der Waals surface area contributed by atoms with Crippen molar-refractivity contribution in [3.63, 3.8) is 0 Å². The average molecular weight is 463 g/mol. The van der Waals surface area contributed by atoms with Crippen molar-refractivity contribution in [2.45, 2.75) is 19.9 Å². The second-order valence-corrected chi connectivity index (χ2v) is 8.78. The minimum atomic E-state index is -0.252. The Morgan fingerprint density at radius 2 is 1.91 bits per heavy atom. The molecule has 2 aromatic heterocycles. The first-order valence-electron chi connectivity index (χ1n) is 10.3. The summed E-state index contributed by atoms with van der Waals surface area (Å²) in [7, 11) is 0. The summed E-state index contributed by atoms with van der Waals surface area (Å²) >= 11 is 1.40. The molecular weight excluding hydrogens is 445 g/mol. The third kappa shape index (κ3) is 3.59. The van der Waals surface area contributed by atoms with Crippen molar-refractivity contribution in [1.29, 1.82) is 0 Å². The molecule has 4 heterocycles. The maximum absolute atomic E-state index is 13.2. The Bertz CT molecular complexity index is 1610. The average Bonchev–Trinajstić information content (AvgIpc) is 3.48. The SMILES string of the molecule is Cc1c2c(=O)n(-c3nc4ccccc4s3)nc-2cc([O-])n1CCc1c[nH]c2ccccc12.[Na+]. The number of H-pyrrole nitrogens is 1. The molecule has 0 radical (unpaired) electrons. The Morgan fingerprint density at radius 1 is 1.12 bits per heavy atom. The zero-order valence-electron chi connectivity index (χ0n) is 18.2. The Hall–Kier alpha value is -2.91. The van der Waals surface area contributed by atoms with Gasteiger partial charge in [-0.15, -0.1) is 0 Å². The third-order valence-electron chi connectivity index (χ3n) is 5.91. The van der Waals surface area contributed by atoms with Crippen molar-refractivity contribution in [3.8, 4) is 22.3 Å². The van der Waals surface area contributed by atoms with Gasteiger partial charge in [-0.25, -0.2) is 4.98 Å². The smallest absolute Gasteiger partial charge is 0.860 e. The number of thiazole rings is 1. The number of hydrogen-bond acceptors (Lipinski definition) is 5. The molecule has 0 unspecified atom stereocenters. The second-order valence-electron chi connectivity index (χ2n) is 7.77. The fraction of sp³-hybridized carbons (Fsp3) is 0.125. The van der Waals surface area contributed by atoms with Gasteiger partial charge in [-0.05, 0) is 49.1 Å². The molecule has 0 spiro atoms. The molecule has 0 atom stereocenters. The second kappa shape index (κ2) is 8.46. The van der Waals surface area contributed by atoms with E-state index in [-0.39, 0.29) is 41.0 Å². The third-order valence-corrected chi connectivity index (χ3v) is 6.92. The van der Waals surface area contributed by atoms with Crippen LogP contribution in [0.4, 0.5) is 0 Å². The maximum Gasteiger partial charge on any atom is 1.00 e. The molecule has 0 amide bonds. The molecule has 4 aromatic rings. The molecule has 0 fully saturated rings. The molecule has 0 saturated carbocycles. The van der Waals surface area contributed by atoms with Crippen LogP contribution in [0, 0.1) is 6.92 Å². The number of pyridine rings is 1. The zero-order valence-corrected chi connectivity index (χ0v) is 21.0. The van der Waals surface area contributed by atoms with Crippen molar-refractivity contribution in [2.24, 2.45) is 0 Å². The fourth-order valence-electron chi connectivity index (χ4n) is 4.28. The molecule has 2 aliphatic heterocycles. The van der Waals surface area contributed by atoms with Crippen LogP contribution in [0.2, 0.25) is 0 Å². The van der Waals surface area contributed by atoms with Crippen LogP contribution in [-0.4, -0.2) is 24.3 Å². The number of hydrogen-bond donors (Lipinski definition) is 1. The molecule has 9 heteroatoms. The Balaban J connectivity index is 0.00000228. The van der Waals surface area contributed by atoms with E-state index < -0.39 is 0 Å². The van der Waals surface area contributed by atoms with Crippen molar-refractivity contribution in [1.82, 2.24) is 24.3 Å². The first kappa shape index (κ1) is 21.9. The molecule has 1 N–H and O–H groups in total. The monoisotopic (exact) mass is 463 g/mol. The predicted octanol–water partition coefficient (Wildman–Crippen LogP) is 0.859. The number of fused-ring (bicyclic) bond motifs is 3. The normalized spacial score (nSPS) is 11.4. The topological polar surface area (TPSA) is 91.6 Å². The molecular formula is C24H18N5NaO2S. The van der Waals surface area contributed by atoms with Crippen LogP contribution >= 0.6 is 11.3 Å². The van der Waals surface area contributed by atoms with E-state index in [0.29, 0.717) is 35.0 Å². The van der Waals surface area contributed by atoms with E-state index in [1.165, 1.54) is 22.1 Å². The number of rotatable bonds is 4. The van der Waals surface area contributed by atoms with Crippen molar-refractivity contribution in [2.75, 3.05) is 0 Å². The summed E-state index contributed by atoms with van der Waals surface area (Å²) in [5, 5.41) is 18.9. The summed E-state index contributed by atoms with van der Waals surface area (Å²) in [6.45, 7) is 2.29. The van der Waals surface area contributed by atoms with E-state index in [1.54, 1.807) is 4.57 Å². The van der Waals surface area contributed by atoms with Crippen molar-refractivity contribution in [3.05, 3.63) is 82.4 Å². The Kier molecular flexibility index (Phi) is 5.62. The van der Waals surface area contributed by atoms with Gasteiger partial charge in [-0.3, -0.25) is 4.79 Å². The van der Waals surface area contributed by atoms with Crippen LogP contribution in [0.25, 0.3) is 37.5 Å². The van der Waals surface area contributed by atoms with Gasteiger partial charge >= 0.3 is 29.6 Å². The summed E-state index contributed by atoms with van der Waals surface area (Å²) in [5.41, 5.74) is 4.27. The quantitative estimate of drug-likeness (QED) is 0.393. The molecule has 33 heavy (non-hydrogen) atoms. The van der Waals surface area contributed by atoms with E-state index in [9.17, 15) is 9.90 Å². The summed E-state index contributed by atoms with van der Waals surface area (Å²) in [5.74, 6) is -0.163. The van der Waals surface area contributed by atoms with Gasteiger partial charge in [0.2, 0.25) is 5.13 Å². The Morgan fingerprint density at radius 3 is 2.76 bits per heavy atom. The first-order valence-corrected chi connectivity index (χ1v) is 11.1. The van der Waals surface area contributed by atoms with E-state index in [4.69, 9.17) is 0 Å². The number of para-hydroxylation sites is 2. The number of aryl methyl sites for hydroxylation is 1. The molecule has 0 bridgehead atoms. The van der Waals surface area contributed by atoms with E-state index >= 15 is 0 Å². The predicted molar refractivity (Wildman–Crippen MR) is 124 cm³/mol. The molecule has 7 nitrogen and oxygen atoms in total. The van der Waals surface area contributed by atoms with Crippen molar-refractivity contribution < 1.29 is 34.7 Å². The van der Waals surface area contributed by atoms with Gasteiger partial charge in [-0.1, -0.05) is 41.7 Å². The van der Waals surface area contributed by atoms with E-state index in [2.05, 4.69) is 21.1 Å². The van der Waals surface area contributed by atoms with E-state index in [0.717, 1.165) is 26.7 Å². The molecule has 0 aliphatic carbocycles. The number of nitrogens with one attached hydrogen (secondary N) is 1. The number of benzene rings is 2. The number of aromatic amines is 1. The van der Waals surface area contributed by atoms with Gasteiger partial charge in [0.1, 0.15) is 0 Å².